The Labute approximate surface area is 158 Å². The Bertz CT molecular complexity index is 719. The van der Waals surface area contributed by atoms with Crippen molar-refractivity contribution in [2.75, 3.05) is 34.0 Å². The van der Waals surface area contributed by atoms with Gasteiger partial charge in [-0.1, -0.05) is 6.07 Å². The van der Waals surface area contributed by atoms with Gasteiger partial charge in [-0.15, -0.1) is 0 Å². The Morgan fingerprint density at radius 3 is 2.81 bits per heavy atom. The molecule has 1 aromatic carbocycles. The molecule has 0 spiro atoms. The summed E-state index contributed by atoms with van der Waals surface area (Å²) in [6.45, 7) is 1.49. The summed E-state index contributed by atoms with van der Waals surface area (Å²) in [5.74, 6) is 1.58. The van der Waals surface area contributed by atoms with Crippen molar-refractivity contribution in [1.82, 2.24) is 15.5 Å². The van der Waals surface area contributed by atoms with Crippen LogP contribution in [0.15, 0.2) is 35.0 Å². The smallest absolute Gasteiger partial charge is 0.314 e. The molecule has 2 heterocycles. The summed E-state index contributed by atoms with van der Waals surface area (Å²) in [4.78, 5) is 14.2. The number of nitrogens with zero attached hydrogens (tertiary/aromatic N) is 1. The Morgan fingerprint density at radius 2 is 2.04 bits per heavy atom. The Balaban J connectivity index is 1.45. The average molecular weight is 375 g/mol. The first-order chi connectivity index (χ1) is 12.6. The highest BCUT2D eigenvalue weighted by molar-refractivity contribution is 7.07. The van der Waals surface area contributed by atoms with Gasteiger partial charge in [0, 0.05) is 19.1 Å². The van der Waals surface area contributed by atoms with Crippen LogP contribution in [-0.2, 0) is 12.8 Å². The lowest BCUT2D eigenvalue weighted by Crippen LogP contribution is -2.45. The fraction of sp³-hybridized carbons (Fsp3) is 0.421. The molecule has 0 fully saturated rings. The maximum Gasteiger partial charge on any atom is 0.314 e. The molecule has 0 saturated heterocycles. The monoisotopic (exact) mass is 375 g/mol. The van der Waals surface area contributed by atoms with E-state index >= 15 is 0 Å². The second-order valence-corrected chi connectivity index (χ2v) is 7.31. The zero-order chi connectivity index (χ0) is 18.4. The number of ether oxygens (including phenoxy) is 2. The number of hydrogen-bond acceptors (Lipinski definition) is 5. The first kappa shape index (κ1) is 18.5. The van der Waals surface area contributed by atoms with Crippen LogP contribution in [0.1, 0.15) is 11.1 Å². The highest BCUT2D eigenvalue weighted by Gasteiger charge is 2.17. The Morgan fingerprint density at radius 1 is 1.19 bits per heavy atom. The van der Waals surface area contributed by atoms with Gasteiger partial charge in [0.1, 0.15) is 0 Å². The van der Waals surface area contributed by atoms with E-state index in [1.165, 1.54) is 5.56 Å². The van der Waals surface area contributed by atoms with Gasteiger partial charge >= 0.3 is 6.03 Å². The van der Waals surface area contributed by atoms with Crippen LogP contribution in [0, 0.1) is 0 Å². The van der Waals surface area contributed by atoms with Crippen LogP contribution in [0.4, 0.5) is 4.79 Å². The van der Waals surface area contributed by atoms with Gasteiger partial charge in [0.25, 0.3) is 0 Å². The van der Waals surface area contributed by atoms with Gasteiger partial charge in [0.2, 0.25) is 6.79 Å². The number of likely N-dealkylation sites (N-methyl/N-ethyl adjacent to an activating group) is 1. The lowest BCUT2D eigenvalue weighted by Gasteiger charge is -2.25. The first-order valence-corrected chi connectivity index (χ1v) is 9.64. The molecule has 26 heavy (non-hydrogen) atoms. The fourth-order valence-corrected chi connectivity index (χ4v) is 3.51. The third-order valence-corrected chi connectivity index (χ3v) is 5.15. The molecule has 7 heteroatoms. The van der Waals surface area contributed by atoms with E-state index in [-0.39, 0.29) is 18.9 Å². The number of carbonyl (C=O) groups excluding carboxylic acids is 1. The summed E-state index contributed by atoms with van der Waals surface area (Å²) in [6.07, 6.45) is 1.67. The standard InChI is InChI=1S/C19H25N3O3S/c1-22(2)16(9-15-3-4-17-18(10-15)25-13-24-17)11-21-19(23)20-7-5-14-6-8-26-12-14/h3-4,6,8,10,12,16H,5,7,9,11,13H2,1-2H3,(H2,20,21,23)/t16-/m0/s1. The summed E-state index contributed by atoms with van der Waals surface area (Å²) in [5, 5.41) is 10.0. The second-order valence-electron chi connectivity index (χ2n) is 6.53. The molecule has 2 N–H and O–H groups in total. The van der Waals surface area contributed by atoms with Crippen molar-refractivity contribution in [3.05, 3.63) is 46.2 Å². The SMILES string of the molecule is CN(C)[C@H](CNC(=O)NCCc1ccsc1)Cc1ccc2c(c1)OCO2. The normalized spacial score (nSPS) is 13.7. The molecule has 0 radical (unpaired) electrons. The predicted octanol–water partition coefficient (Wildman–Crippen LogP) is 2.49. The van der Waals surface area contributed by atoms with E-state index in [1.807, 2.05) is 37.7 Å². The van der Waals surface area contributed by atoms with Crippen LogP contribution >= 0.6 is 11.3 Å². The quantitative estimate of drug-likeness (QED) is 0.744. The summed E-state index contributed by atoms with van der Waals surface area (Å²) >= 11 is 1.67. The largest absolute Gasteiger partial charge is 0.454 e. The molecule has 0 unspecified atom stereocenters. The van der Waals surface area contributed by atoms with Gasteiger partial charge in [0.05, 0.1) is 0 Å². The van der Waals surface area contributed by atoms with Crippen molar-refractivity contribution in [3.8, 4) is 11.5 Å². The van der Waals surface area contributed by atoms with Gasteiger partial charge in [0.15, 0.2) is 11.5 Å². The van der Waals surface area contributed by atoms with Gasteiger partial charge < -0.3 is 25.0 Å². The minimum absolute atomic E-state index is 0.127. The van der Waals surface area contributed by atoms with Crippen LogP contribution in [0.2, 0.25) is 0 Å². The molecule has 0 saturated carbocycles. The van der Waals surface area contributed by atoms with Crippen molar-refractivity contribution in [1.29, 1.82) is 0 Å². The number of fused-ring (bicyclic) bond motifs is 1. The summed E-state index contributed by atoms with van der Waals surface area (Å²) in [5.41, 5.74) is 2.41. The molecule has 0 bridgehead atoms. The number of nitrogens with one attached hydrogen (secondary N) is 2. The van der Waals surface area contributed by atoms with E-state index in [9.17, 15) is 4.79 Å². The minimum Gasteiger partial charge on any atom is -0.454 e. The third kappa shape index (κ3) is 5.12. The van der Waals surface area contributed by atoms with E-state index in [0.717, 1.165) is 29.9 Å². The van der Waals surface area contributed by atoms with Crippen molar-refractivity contribution < 1.29 is 14.3 Å². The molecule has 1 aliphatic heterocycles. The van der Waals surface area contributed by atoms with Crippen LogP contribution in [0.3, 0.4) is 0 Å². The molecule has 3 rings (SSSR count). The number of carbonyl (C=O) groups is 1. The topological polar surface area (TPSA) is 62.8 Å². The molecule has 140 valence electrons. The fourth-order valence-electron chi connectivity index (χ4n) is 2.81. The molecular formula is C19H25N3O3S. The number of thiophene rings is 1. The molecule has 0 aliphatic carbocycles. The van der Waals surface area contributed by atoms with Gasteiger partial charge in [-0.3, -0.25) is 0 Å². The summed E-state index contributed by atoms with van der Waals surface area (Å²) in [7, 11) is 4.04. The molecule has 6 nitrogen and oxygen atoms in total. The number of rotatable bonds is 8. The van der Waals surface area contributed by atoms with Gasteiger partial charge in [-0.2, -0.15) is 11.3 Å². The highest BCUT2D eigenvalue weighted by Crippen LogP contribution is 2.32. The molecular weight excluding hydrogens is 350 g/mol. The molecule has 1 aliphatic rings. The third-order valence-electron chi connectivity index (χ3n) is 4.42. The van der Waals surface area contributed by atoms with Crippen LogP contribution in [0.25, 0.3) is 0 Å². The molecule has 2 aromatic rings. The zero-order valence-electron chi connectivity index (χ0n) is 15.2. The van der Waals surface area contributed by atoms with E-state index in [4.69, 9.17) is 9.47 Å². The first-order valence-electron chi connectivity index (χ1n) is 8.69. The number of hydrogen-bond donors (Lipinski definition) is 2. The van der Waals surface area contributed by atoms with Crippen molar-refractivity contribution in [2.24, 2.45) is 0 Å². The van der Waals surface area contributed by atoms with E-state index in [0.29, 0.717) is 13.1 Å². The van der Waals surface area contributed by atoms with E-state index in [1.54, 1.807) is 11.3 Å². The maximum absolute atomic E-state index is 12.0. The van der Waals surface area contributed by atoms with Crippen molar-refractivity contribution >= 4 is 17.4 Å². The molecule has 1 atom stereocenters. The second kappa shape index (κ2) is 8.91. The van der Waals surface area contributed by atoms with Gasteiger partial charge in [-0.05, 0) is 67.0 Å². The lowest BCUT2D eigenvalue weighted by molar-refractivity contribution is 0.174. The lowest BCUT2D eigenvalue weighted by atomic mass is 10.0. The minimum atomic E-state index is -0.127. The highest BCUT2D eigenvalue weighted by atomic mass is 32.1. The zero-order valence-corrected chi connectivity index (χ0v) is 16.0. The van der Waals surface area contributed by atoms with Crippen molar-refractivity contribution in [2.45, 2.75) is 18.9 Å². The molecule has 1 aromatic heterocycles. The van der Waals surface area contributed by atoms with Crippen LogP contribution in [0.5, 0.6) is 11.5 Å². The van der Waals surface area contributed by atoms with Crippen LogP contribution < -0.4 is 20.1 Å². The molecule has 2 amide bonds. The Hall–Kier alpha value is -2.25. The average Bonchev–Trinajstić information content (AvgIpc) is 3.29. The number of urea groups is 1. The predicted molar refractivity (Wildman–Crippen MR) is 103 cm³/mol. The van der Waals surface area contributed by atoms with Crippen LogP contribution in [-0.4, -0.2) is 51.0 Å². The Kier molecular flexibility index (Phi) is 6.35. The van der Waals surface area contributed by atoms with E-state index < -0.39 is 0 Å². The van der Waals surface area contributed by atoms with Gasteiger partial charge in [-0.25, -0.2) is 4.79 Å². The number of amides is 2. The number of benzene rings is 1. The summed E-state index contributed by atoms with van der Waals surface area (Å²) < 4.78 is 10.8. The maximum atomic E-state index is 12.0. The van der Waals surface area contributed by atoms with E-state index in [2.05, 4.69) is 27.0 Å². The van der Waals surface area contributed by atoms with Crippen molar-refractivity contribution in [3.63, 3.8) is 0 Å². The summed E-state index contributed by atoms with van der Waals surface area (Å²) in [6, 6.07) is 8.15.